The molecule has 0 spiro atoms. The van der Waals surface area contributed by atoms with Crippen molar-refractivity contribution in [2.75, 3.05) is 33.2 Å². The van der Waals surface area contributed by atoms with Gasteiger partial charge in [0.25, 0.3) is 5.92 Å². The molecule has 1 aliphatic rings. The average Bonchev–Trinajstić information content (AvgIpc) is 2.05. The summed E-state index contributed by atoms with van der Waals surface area (Å²) in [6.45, 7) is 7.13. The minimum absolute atomic E-state index is 0.124. The summed E-state index contributed by atoms with van der Waals surface area (Å²) in [5.74, 6) is -2.58. The summed E-state index contributed by atoms with van der Waals surface area (Å²) < 4.78 is 26.8. The molecule has 0 amide bonds. The predicted molar refractivity (Wildman–Crippen MR) is 53.8 cm³/mol. The fraction of sp³-hybridized carbons (Fsp3) is 1.00. The van der Waals surface area contributed by atoms with Gasteiger partial charge in [-0.25, -0.2) is 8.78 Å². The summed E-state index contributed by atoms with van der Waals surface area (Å²) >= 11 is 0. The lowest BCUT2D eigenvalue weighted by Crippen LogP contribution is -2.47. The second kappa shape index (κ2) is 3.74. The first-order valence-electron chi connectivity index (χ1n) is 5.02. The van der Waals surface area contributed by atoms with Gasteiger partial charge in [0.15, 0.2) is 0 Å². The highest BCUT2D eigenvalue weighted by Gasteiger charge is 2.38. The van der Waals surface area contributed by atoms with E-state index in [0.717, 1.165) is 6.54 Å². The number of alkyl halides is 2. The number of nitrogens with zero attached hydrogens (tertiary/aromatic N) is 2. The average molecular weight is 206 g/mol. The van der Waals surface area contributed by atoms with E-state index in [9.17, 15) is 8.78 Å². The second-order valence-corrected chi connectivity index (χ2v) is 5.19. The standard InChI is InChI=1S/C10H20F2N2/c1-9(2,3)14-6-5-13(4)7-10(11,12)8-14/h5-8H2,1-4H3. The predicted octanol–water partition coefficient (Wildman–Crippen LogP) is 1.67. The van der Waals surface area contributed by atoms with E-state index in [4.69, 9.17) is 0 Å². The topological polar surface area (TPSA) is 6.48 Å². The first-order valence-corrected chi connectivity index (χ1v) is 5.02. The van der Waals surface area contributed by atoms with Crippen molar-refractivity contribution < 1.29 is 8.78 Å². The van der Waals surface area contributed by atoms with E-state index < -0.39 is 5.92 Å². The van der Waals surface area contributed by atoms with Crippen LogP contribution in [-0.2, 0) is 0 Å². The van der Waals surface area contributed by atoms with Gasteiger partial charge in [0, 0.05) is 18.6 Å². The number of hydrogen-bond donors (Lipinski definition) is 0. The van der Waals surface area contributed by atoms with Crippen molar-refractivity contribution in [2.24, 2.45) is 0 Å². The maximum absolute atomic E-state index is 13.4. The fourth-order valence-electron chi connectivity index (χ4n) is 1.75. The van der Waals surface area contributed by atoms with Crippen molar-refractivity contribution >= 4 is 0 Å². The van der Waals surface area contributed by atoms with Crippen molar-refractivity contribution in [3.63, 3.8) is 0 Å². The van der Waals surface area contributed by atoms with Gasteiger partial charge in [-0.2, -0.15) is 0 Å². The highest BCUT2D eigenvalue weighted by molar-refractivity contribution is 4.86. The first-order chi connectivity index (χ1) is 6.21. The monoisotopic (exact) mass is 206 g/mol. The summed E-state index contributed by atoms with van der Waals surface area (Å²) in [7, 11) is 1.75. The van der Waals surface area contributed by atoms with Gasteiger partial charge in [-0.1, -0.05) is 0 Å². The third-order valence-electron chi connectivity index (χ3n) is 2.62. The van der Waals surface area contributed by atoms with Crippen molar-refractivity contribution in [3.05, 3.63) is 0 Å². The summed E-state index contributed by atoms with van der Waals surface area (Å²) in [6, 6.07) is 0. The van der Waals surface area contributed by atoms with E-state index in [2.05, 4.69) is 0 Å². The molecule has 1 fully saturated rings. The Balaban J connectivity index is 2.72. The van der Waals surface area contributed by atoms with Gasteiger partial charge in [0.05, 0.1) is 13.1 Å². The van der Waals surface area contributed by atoms with Gasteiger partial charge in [-0.3, -0.25) is 9.80 Å². The van der Waals surface area contributed by atoms with Crippen LogP contribution in [0.25, 0.3) is 0 Å². The van der Waals surface area contributed by atoms with Crippen molar-refractivity contribution in [1.82, 2.24) is 9.80 Å². The summed E-state index contributed by atoms with van der Waals surface area (Å²) in [4.78, 5) is 3.56. The molecule has 4 heteroatoms. The van der Waals surface area contributed by atoms with Crippen molar-refractivity contribution in [3.8, 4) is 0 Å². The SMILES string of the molecule is CN1CCN(C(C)(C)C)CC(F)(F)C1. The van der Waals surface area contributed by atoms with Crippen LogP contribution in [0.2, 0.25) is 0 Å². The zero-order valence-corrected chi connectivity index (χ0v) is 9.48. The smallest absolute Gasteiger partial charge is 0.272 e. The molecule has 14 heavy (non-hydrogen) atoms. The number of halogens is 2. The Morgan fingerprint density at radius 2 is 1.64 bits per heavy atom. The van der Waals surface area contributed by atoms with E-state index in [0.29, 0.717) is 6.54 Å². The number of likely N-dealkylation sites (N-methyl/N-ethyl adjacent to an activating group) is 1. The lowest BCUT2D eigenvalue weighted by Gasteiger charge is -2.35. The Labute approximate surface area is 84.9 Å². The van der Waals surface area contributed by atoms with Gasteiger partial charge in [0.1, 0.15) is 0 Å². The molecule has 0 radical (unpaired) electrons. The Morgan fingerprint density at radius 1 is 1.07 bits per heavy atom. The van der Waals surface area contributed by atoms with Crippen LogP contribution >= 0.6 is 0 Å². The van der Waals surface area contributed by atoms with E-state index in [-0.39, 0.29) is 18.6 Å². The molecule has 1 rings (SSSR count). The molecule has 1 saturated heterocycles. The third-order valence-corrected chi connectivity index (χ3v) is 2.62. The fourth-order valence-corrected chi connectivity index (χ4v) is 1.75. The van der Waals surface area contributed by atoms with Gasteiger partial charge in [-0.05, 0) is 27.8 Å². The van der Waals surface area contributed by atoms with E-state index in [1.807, 2.05) is 25.7 Å². The van der Waals surface area contributed by atoms with Crippen LogP contribution in [0.15, 0.2) is 0 Å². The van der Waals surface area contributed by atoms with Crippen LogP contribution in [0.3, 0.4) is 0 Å². The number of rotatable bonds is 0. The minimum Gasteiger partial charge on any atom is -0.299 e. The summed E-state index contributed by atoms with van der Waals surface area (Å²) in [6.07, 6.45) is 0. The molecule has 1 heterocycles. The Morgan fingerprint density at radius 3 is 2.14 bits per heavy atom. The molecule has 0 saturated carbocycles. The lowest BCUT2D eigenvalue weighted by atomic mass is 10.1. The Bertz CT molecular complexity index is 199. The van der Waals surface area contributed by atoms with Gasteiger partial charge in [0.2, 0.25) is 0 Å². The van der Waals surface area contributed by atoms with Gasteiger partial charge in [-0.15, -0.1) is 0 Å². The Kier molecular flexibility index (Phi) is 3.17. The normalized spacial score (nSPS) is 26.1. The van der Waals surface area contributed by atoms with Crippen LogP contribution in [0.4, 0.5) is 8.78 Å². The summed E-state index contributed by atoms with van der Waals surface area (Å²) in [5, 5.41) is 0. The Hall–Kier alpha value is -0.220. The molecular formula is C10H20F2N2. The molecule has 1 aliphatic heterocycles. The highest BCUT2D eigenvalue weighted by Crippen LogP contribution is 2.24. The minimum atomic E-state index is -2.58. The molecular weight excluding hydrogens is 186 g/mol. The van der Waals surface area contributed by atoms with E-state index in [1.165, 1.54) is 0 Å². The number of hydrogen-bond acceptors (Lipinski definition) is 2. The molecule has 0 aromatic rings. The van der Waals surface area contributed by atoms with E-state index in [1.54, 1.807) is 11.9 Å². The second-order valence-electron chi connectivity index (χ2n) is 5.19. The van der Waals surface area contributed by atoms with Crippen LogP contribution in [0.5, 0.6) is 0 Å². The van der Waals surface area contributed by atoms with Crippen LogP contribution in [-0.4, -0.2) is 54.5 Å². The highest BCUT2D eigenvalue weighted by atomic mass is 19.3. The van der Waals surface area contributed by atoms with Gasteiger partial charge >= 0.3 is 0 Å². The van der Waals surface area contributed by atoms with Crippen molar-refractivity contribution in [2.45, 2.75) is 32.2 Å². The van der Waals surface area contributed by atoms with Crippen LogP contribution < -0.4 is 0 Å². The molecule has 0 aromatic carbocycles. The third kappa shape index (κ3) is 3.17. The van der Waals surface area contributed by atoms with E-state index >= 15 is 0 Å². The molecule has 0 aromatic heterocycles. The molecule has 0 aliphatic carbocycles. The van der Waals surface area contributed by atoms with Crippen LogP contribution in [0, 0.1) is 0 Å². The molecule has 0 unspecified atom stereocenters. The molecule has 0 N–H and O–H groups in total. The van der Waals surface area contributed by atoms with Crippen LogP contribution in [0.1, 0.15) is 20.8 Å². The largest absolute Gasteiger partial charge is 0.299 e. The zero-order chi connectivity index (χ0) is 11.0. The van der Waals surface area contributed by atoms with Gasteiger partial charge < -0.3 is 0 Å². The van der Waals surface area contributed by atoms with Crippen molar-refractivity contribution in [1.29, 1.82) is 0 Å². The lowest BCUT2D eigenvalue weighted by molar-refractivity contribution is -0.0492. The maximum atomic E-state index is 13.4. The molecule has 84 valence electrons. The summed E-state index contributed by atoms with van der Waals surface area (Å²) in [5.41, 5.74) is -0.172. The molecule has 0 bridgehead atoms. The zero-order valence-electron chi connectivity index (χ0n) is 9.48. The molecule has 2 nitrogen and oxygen atoms in total. The first kappa shape index (κ1) is 11.9. The molecule has 0 atom stereocenters. The maximum Gasteiger partial charge on any atom is 0.272 e. The quantitative estimate of drug-likeness (QED) is 0.595.